The van der Waals surface area contributed by atoms with E-state index in [1.54, 1.807) is 14.0 Å². The number of nitrogens with two attached hydrogens (primary N) is 1. The molecule has 0 amide bonds. The van der Waals surface area contributed by atoms with Crippen LogP contribution < -0.4 is 10.5 Å². The van der Waals surface area contributed by atoms with Crippen molar-refractivity contribution in [3.63, 3.8) is 0 Å². The summed E-state index contributed by atoms with van der Waals surface area (Å²) in [6.45, 7) is 1.80. The lowest BCUT2D eigenvalue weighted by Gasteiger charge is -2.29. The molecular formula is C16H23F2NO2. The van der Waals surface area contributed by atoms with Gasteiger partial charge in [-0.3, -0.25) is 0 Å². The third-order valence-electron chi connectivity index (χ3n) is 3.81. The molecule has 1 fully saturated rings. The molecule has 3 nitrogen and oxygen atoms in total. The highest BCUT2D eigenvalue weighted by Gasteiger charge is 2.25. The summed E-state index contributed by atoms with van der Waals surface area (Å²) in [7, 11) is 1.65. The Labute approximate surface area is 124 Å². The summed E-state index contributed by atoms with van der Waals surface area (Å²) in [5.41, 5.74) is 6.20. The van der Waals surface area contributed by atoms with Gasteiger partial charge in [-0.05, 0) is 50.3 Å². The lowest BCUT2D eigenvalue weighted by atomic mass is 9.95. The zero-order valence-electron chi connectivity index (χ0n) is 12.6. The first-order valence-electron chi connectivity index (χ1n) is 7.42. The van der Waals surface area contributed by atoms with E-state index < -0.39 is 11.6 Å². The van der Waals surface area contributed by atoms with E-state index in [0.717, 1.165) is 19.3 Å². The van der Waals surface area contributed by atoms with E-state index in [1.807, 2.05) is 0 Å². The van der Waals surface area contributed by atoms with Gasteiger partial charge in [0, 0.05) is 19.6 Å². The maximum absolute atomic E-state index is 14.1. The van der Waals surface area contributed by atoms with Gasteiger partial charge in [0.1, 0.15) is 6.10 Å². The van der Waals surface area contributed by atoms with Crippen molar-refractivity contribution in [3.8, 4) is 5.75 Å². The summed E-state index contributed by atoms with van der Waals surface area (Å²) in [6, 6.07) is 2.47. The van der Waals surface area contributed by atoms with Gasteiger partial charge in [-0.1, -0.05) is 0 Å². The van der Waals surface area contributed by atoms with E-state index in [1.165, 1.54) is 12.1 Å². The number of ether oxygens (including phenoxy) is 2. The molecule has 2 rings (SSSR count). The van der Waals surface area contributed by atoms with Crippen molar-refractivity contribution in [1.29, 1.82) is 0 Å². The van der Waals surface area contributed by atoms with E-state index in [-0.39, 0.29) is 24.0 Å². The standard InChI is InChI=1S/C16H23F2NO2/c1-10(19)6-11-7-14(17)16(15(18)8-11)21-13-5-3-4-12(9-13)20-2/h7-8,10,12-13H,3-6,9,19H2,1-2H3. The predicted molar refractivity (Wildman–Crippen MR) is 77.4 cm³/mol. The molecule has 0 heterocycles. The van der Waals surface area contributed by atoms with Crippen LogP contribution in [0.5, 0.6) is 5.75 Å². The fraction of sp³-hybridized carbons (Fsp3) is 0.625. The number of rotatable bonds is 5. The molecular weight excluding hydrogens is 276 g/mol. The van der Waals surface area contributed by atoms with Gasteiger partial charge in [0.25, 0.3) is 0 Å². The topological polar surface area (TPSA) is 44.5 Å². The average molecular weight is 299 g/mol. The summed E-state index contributed by atoms with van der Waals surface area (Å²) in [6.07, 6.45) is 3.70. The van der Waals surface area contributed by atoms with Crippen molar-refractivity contribution in [2.75, 3.05) is 7.11 Å². The third kappa shape index (κ3) is 4.38. The number of methoxy groups -OCH3 is 1. The normalized spacial score (nSPS) is 23.9. The maximum Gasteiger partial charge on any atom is 0.191 e. The second kappa shape index (κ2) is 7.18. The van der Waals surface area contributed by atoms with E-state index in [4.69, 9.17) is 15.2 Å². The third-order valence-corrected chi connectivity index (χ3v) is 3.81. The molecule has 3 unspecified atom stereocenters. The molecule has 0 saturated heterocycles. The minimum atomic E-state index is -0.662. The molecule has 21 heavy (non-hydrogen) atoms. The summed E-state index contributed by atoms with van der Waals surface area (Å²) < 4.78 is 39.0. The number of hydrogen-bond acceptors (Lipinski definition) is 3. The molecule has 5 heteroatoms. The first-order chi connectivity index (χ1) is 9.99. The van der Waals surface area contributed by atoms with E-state index in [0.29, 0.717) is 18.4 Å². The molecule has 1 saturated carbocycles. The zero-order chi connectivity index (χ0) is 15.4. The fourth-order valence-electron chi connectivity index (χ4n) is 2.80. The average Bonchev–Trinajstić information content (AvgIpc) is 2.42. The van der Waals surface area contributed by atoms with Gasteiger partial charge in [0.05, 0.1) is 6.10 Å². The van der Waals surface area contributed by atoms with Gasteiger partial charge in [0.15, 0.2) is 17.4 Å². The van der Waals surface area contributed by atoms with Gasteiger partial charge in [-0.25, -0.2) is 8.78 Å². The van der Waals surface area contributed by atoms with Crippen molar-refractivity contribution in [2.24, 2.45) is 5.73 Å². The molecule has 0 aromatic heterocycles. The largest absolute Gasteiger partial charge is 0.484 e. The fourth-order valence-corrected chi connectivity index (χ4v) is 2.80. The van der Waals surface area contributed by atoms with Crippen molar-refractivity contribution >= 4 is 0 Å². The molecule has 1 aromatic rings. The Hall–Kier alpha value is -1.20. The van der Waals surface area contributed by atoms with E-state index in [9.17, 15) is 8.78 Å². The van der Waals surface area contributed by atoms with Gasteiger partial charge in [0.2, 0.25) is 0 Å². The molecule has 3 atom stereocenters. The Kier molecular flexibility index (Phi) is 5.53. The SMILES string of the molecule is COC1CCCC(Oc2c(F)cc(CC(C)N)cc2F)C1. The molecule has 1 aromatic carbocycles. The van der Waals surface area contributed by atoms with Crippen LogP contribution in [0, 0.1) is 11.6 Å². The maximum atomic E-state index is 14.1. The Balaban J connectivity index is 2.09. The van der Waals surface area contributed by atoms with Crippen molar-refractivity contribution in [1.82, 2.24) is 0 Å². The van der Waals surface area contributed by atoms with Crippen molar-refractivity contribution < 1.29 is 18.3 Å². The van der Waals surface area contributed by atoms with Crippen LogP contribution in [0.15, 0.2) is 12.1 Å². The molecule has 2 N–H and O–H groups in total. The number of halogens is 2. The van der Waals surface area contributed by atoms with Crippen LogP contribution >= 0.6 is 0 Å². The minimum absolute atomic E-state index is 0.104. The second-order valence-electron chi connectivity index (χ2n) is 5.83. The van der Waals surface area contributed by atoms with Gasteiger partial charge >= 0.3 is 0 Å². The highest BCUT2D eigenvalue weighted by molar-refractivity contribution is 5.32. The Morgan fingerprint density at radius 2 is 1.86 bits per heavy atom. The molecule has 0 aliphatic heterocycles. The van der Waals surface area contributed by atoms with Crippen LogP contribution in [0.4, 0.5) is 8.78 Å². The van der Waals surface area contributed by atoms with E-state index in [2.05, 4.69) is 0 Å². The highest BCUT2D eigenvalue weighted by atomic mass is 19.1. The Morgan fingerprint density at radius 1 is 1.24 bits per heavy atom. The van der Waals surface area contributed by atoms with Crippen LogP contribution in [0.2, 0.25) is 0 Å². The second-order valence-corrected chi connectivity index (χ2v) is 5.83. The smallest absolute Gasteiger partial charge is 0.191 e. The minimum Gasteiger partial charge on any atom is -0.484 e. The summed E-state index contributed by atoms with van der Waals surface area (Å²) >= 11 is 0. The van der Waals surface area contributed by atoms with Crippen LogP contribution in [0.25, 0.3) is 0 Å². The van der Waals surface area contributed by atoms with Crippen LogP contribution in [0.1, 0.15) is 38.2 Å². The molecule has 0 radical (unpaired) electrons. The van der Waals surface area contributed by atoms with E-state index >= 15 is 0 Å². The predicted octanol–water partition coefficient (Wildman–Crippen LogP) is 3.19. The highest BCUT2D eigenvalue weighted by Crippen LogP contribution is 2.29. The Bertz CT molecular complexity index is 456. The zero-order valence-corrected chi connectivity index (χ0v) is 12.6. The summed E-state index contributed by atoms with van der Waals surface area (Å²) in [5, 5.41) is 0. The first kappa shape index (κ1) is 16.2. The molecule has 0 spiro atoms. The van der Waals surface area contributed by atoms with Crippen molar-refractivity contribution in [3.05, 3.63) is 29.3 Å². The summed E-state index contributed by atoms with van der Waals surface area (Å²) in [5.74, 6) is -1.61. The van der Waals surface area contributed by atoms with Crippen LogP contribution in [0.3, 0.4) is 0 Å². The molecule has 0 bridgehead atoms. The lowest BCUT2D eigenvalue weighted by Crippen LogP contribution is -2.30. The van der Waals surface area contributed by atoms with Crippen LogP contribution in [-0.4, -0.2) is 25.4 Å². The van der Waals surface area contributed by atoms with Crippen molar-refractivity contribution in [2.45, 2.75) is 57.3 Å². The monoisotopic (exact) mass is 299 g/mol. The lowest BCUT2D eigenvalue weighted by molar-refractivity contribution is 0.0184. The van der Waals surface area contributed by atoms with Gasteiger partial charge < -0.3 is 15.2 Å². The Morgan fingerprint density at radius 3 is 2.43 bits per heavy atom. The number of benzene rings is 1. The van der Waals surface area contributed by atoms with Crippen LogP contribution in [-0.2, 0) is 11.2 Å². The number of hydrogen-bond donors (Lipinski definition) is 1. The van der Waals surface area contributed by atoms with Gasteiger partial charge in [-0.15, -0.1) is 0 Å². The first-order valence-corrected chi connectivity index (χ1v) is 7.42. The molecule has 118 valence electrons. The quantitative estimate of drug-likeness (QED) is 0.908. The summed E-state index contributed by atoms with van der Waals surface area (Å²) in [4.78, 5) is 0. The molecule has 1 aliphatic rings. The molecule has 1 aliphatic carbocycles. The van der Waals surface area contributed by atoms with Gasteiger partial charge in [-0.2, -0.15) is 0 Å².